The van der Waals surface area contributed by atoms with E-state index < -0.39 is 17.9 Å². The summed E-state index contributed by atoms with van der Waals surface area (Å²) in [7, 11) is 1.87. The molecule has 1 spiro atoms. The minimum Gasteiger partial charge on any atom is -0.355 e. The fourth-order valence-corrected chi connectivity index (χ4v) is 4.34. The van der Waals surface area contributed by atoms with Crippen LogP contribution in [0.2, 0.25) is 0 Å². The largest absolute Gasteiger partial charge is 0.355 e. The summed E-state index contributed by atoms with van der Waals surface area (Å²) in [6.45, 7) is 2.75. The van der Waals surface area contributed by atoms with Crippen LogP contribution >= 0.6 is 0 Å². The number of nitrogens with zero attached hydrogens (tertiary/aromatic N) is 2. The fourth-order valence-electron chi connectivity index (χ4n) is 4.34. The standard InChI is InChI=1S/C17H28N4O4/c1-20-11-17(5-6-17)10-12(15(23)19-25)14(20)16(24)18-7-3-9-21-8-2-4-13(21)22/h12,14,25H,2-11H2,1H3,(H,18,24)(H,19,23)/t12-,14-/m0/s1. The summed E-state index contributed by atoms with van der Waals surface area (Å²) in [5.74, 6) is -1.01. The van der Waals surface area contributed by atoms with E-state index in [1.54, 1.807) is 5.48 Å². The third-order valence-electron chi connectivity index (χ3n) is 5.84. The molecule has 0 bridgehead atoms. The molecule has 8 heteroatoms. The second-order valence-electron chi connectivity index (χ2n) is 7.78. The Bertz CT molecular complexity index is 549. The van der Waals surface area contributed by atoms with Crippen molar-refractivity contribution in [1.82, 2.24) is 20.6 Å². The van der Waals surface area contributed by atoms with Crippen molar-refractivity contribution >= 4 is 17.7 Å². The van der Waals surface area contributed by atoms with Gasteiger partial charge in [-0.05, 0) is 44.6 Å². The number of carbonyl (C=O) groups excluding carboxylic acids is 3. The van der Waals surface area contributed by atoms with Crippen molar-refractivity contribution in [3.8, 4) is 0 Å². The van der Waals surface area contributed by atoms with E-state index >= 15 is 0 Å². The third kappa shape index (κ3) is 3.95. The van der Waals surface area contributed by atoms with Crippen molar-refractivity contribution in [2.45, 2.75) is 44.6 Å². The minimum absolute atomic E-state index is 0.138. The number of piperidine rings is 1. The molecule has 8 nitrogen and oxygen atoms in total. The summed E-state index contributed by atoms with van der Waals surface area (Å²) in [6, 6.07) is -0.563. The maximum atomic E-state index is 12.6. The van der Waals surface area contributed by atoms with Crippen LogP contribution in [0.1, 0.15) is 38.5 Å². The van der Waals surface area contributed by atoms with E-state index in [2.05, 4.69) is 5.32 Å². The van der Waals surface area contributed by atoms with Gasteiger partial charge in [-0.1, -0.05) is 0 Å². The van der Waals surface area contributed by atoms with Gasteiger partial charge in [0.05, 0.1) is 5.92 Å². The average molecular weight is 352 g/mol. The lowest BCUT2D eigenvalue weighted by atomic mass is 9.80. The molecule has 1 aliphatic carbocycles. The molecular formula is C17H28N4O4. The van der Waals surface area contributed by atoms with Gasteiger partial charge in [0.15, 0.2) is 0 Å². The first kappa shape index (κ1) is 18.1. The molecule has 3 fully saturated rings. The average Bonchev–Trinajstić information content (AvgIpc) is 3.19. The number of hydrogen-bond acceptors (Lipinski definition) is 5. The molecule has 0 radical (unpaired) electrons. The Balaban J connectivity index is 1.51. The zero-order valence-corrected chi connectivity index (χ0v) is 14.8. The lowest BCUT2D eigenvalue weighted by Crippen LogP contribution is -2.58. The molecule has 25 heavy (non-hydrogen) atoms. The van der Waals surface area contributed by atoms with Gasteiger partial charge in [-0.2, -0.15) is 0 Å². The van der Waals surface area contributed by atoms with E-state index in [1.807, 2.05) is 16.8 Å². The van der Waals surface area contributed by atoms with Crippen molar-refractivity contribution in [3.05, 3.63) is 0 Å². The number of hydroxylamine groups is 1. The molecule has 3 amide bonds. The van der Waals surface area contributed by atoms with Gasteiger partial charge in [0, 0.05) is 32.6 Å². The molecule has 2 atom stereocenters. The summed E-state index contributed by atoms with van der Waals surface area (Å²) in [4.78, 5) is 40.1. The van der Waals surface area contributed by atoms with Crippen LogP contribution in [0, 0.1) is 11.3 Å². The van der Waals surface area contributed by atoms with Crippen molar-refractivity contribution in [1.29, 1.82) is 0 Å². The van der Waals surface area contributed by atoms with Gasteiger partial charge in [0.1, 0.15) is 6.04 Å². The molecule has 3 aliphatic rings. The predicted octanol–water partition coefficient (Wildman–Crippen LogP) is -0.279. The van der Waals surface area contributed by atoms with Crippen LogP contribution in [-0.2, 0) is 14.4 Å². The van der Waals surface area contributed by atoms with E-state index in [1.165, 1.54) is 0 Å². The van der Waals surface area contributed by atoms with Crippen LogP contribution in [0.25, 0.3) is 0 Å². The van der Waals surface area contributed by atoms with Crippen molar-refractivity contribution < 1.29 is 19.6 Å². The summed E-state index contributed by atoms with van der Waals surface area (Å²) < 4.78 is 0. The van der Waals surface area contributed by atoms with Crippen LogP contribution in [0.4, 0.5) is 0 Å². The minimum atomic E-state index is -0.563. The van der Waals surface area contributed by atoms with Crippen LogP contribution in [0.5, 0.6) is 0 Å². The topological polar surface area (TPSA) is 102 Å². The SMILES string of the molecule is CN1CC2(CC2)C[C@H](C(=O)NO)[C@H]1C(=O)NCCCN1CCCC1=O. The van der Waals surface area contributed by atoms with Crippen molar-refractivity contribution in [3.63, 3.8) is 0 Å². The molecule has 1 saturated carbocycles. The first-order valence-corrected chi connectivity index (χ1v) is 9.15. The van der Waals surface area contributed by atoms with E-state index in [0.29, 0.717) is 32.4 Å². The van der Waals surface area contributed by atoms with Gasteiger partial charge < -0.3 is 10.2 Å². The Morgan fingerprint density at radius 2 is 2.08 bits per heavy atom. The fraction of sp³-hybridized carbons (Fsp3) is 0.824. The Kier molecular flexibility index (Phi) is 5.29. The van der Waals surface area contributed by atoms with Crippen LogP contribution in [0.15, 0.2) is 0 Å². The number of likely N-dealkylation sites (tertiary alicyclic amines) is 2. The molecule has 3 rings (SSSR count). The lowest BCUT2D eigenvalue weighted by Gasteiger charge is -2.41. The molecule has 140 valence electrons. The van der Waals surface area contributed by atoms with Gasteiger partial charge >= 0.3 is 0 Å². The number of hydrogen-bond donors (Lipinski definition) is 3. The summed E-state index contributed by atoms with van der Waals surface area (Å²) in [6.07, 6.45) is 5.03. The third-order valence-corrected chi connectivity index (χ3v) is 5.84. The molecule has 0 aromatic carbocycles. The molecule has 0 aromatic rings. The van der Waals surface area contributed by atoms with E-state index in [4.69, 9.17) is 5.21 Å². The van der Waals surface area contributed by atoms with Crippen molar-refractivity contribution in [2.75, 3.05) is 33.2 Å². The molecular weight excluding hydrogens is 324 g/mol. The Labute approximate surface area is 147 Å². The highest BCUT2D eigenvalue weighted by molar-refractivity contribution is 5.90. The number of carbonyl (C=O) groups is 3. The Morgan fingerprint density at radius 1 is 1.32 bits per heavy atom. The highest BCUT2D eigenvalue weighted by Gasteiger charge is 2.54. The number of nitrogens with one attached hydrogen (secondary N) is 2. The lowest BCUT2D eigenvalue weighted by molar-refractivity contribution is -0.145. The maximum absolute atomic E-state index is 12.6. The van der Waals surface area contributed by atoms with Gasteiger partial charge in [0.25, 0.3) is 0 Å². The van der Waals surface area contributed by atoms with Gasteiger partial charge in [-0.3, -0.25) is 24.5 Å². The monoisotopic (exact) mass is 352 g/mol. The van der Waals surface area contributed by atoms with Gasteiger partial charge in [-0.15, -0.1) is 0 Å². The molecule has 2 heterocycles. The number of likely N-dealkylation sites (N-methyl/N-ethyl adjacent to an activating group) is 1. The summed E-state index contributed by atoms with van der Waals surface area (Å²) in [5, 5.41) is 11.9. The predicted molar refractivity (Wildman–Crippen MR) is 89.6 cm³/mol. The second-order valence-corrected chi connectivity index (χ2v) is 7.78. The zero-order chi connectivity index (χ0) is 18.0. The molecule has 3 N–H and O–H groups in total. The van der Waals surface area contributed by atoms with E-state index in [-0.39, 0.29) is 17.2 Å². The van der Waals surface area contributed by atoms with Crippen LogP contribution in [-0.4, -0.2) is 72.0 Å². The van der Waals surface area contributed by atoms with E-state index in [0.717, 1.165) is 32.4 Å². The van der Waals surface area contributed by atoms with Gasteiger partial charge in [0.2, 0.25) is 17.7 Å². The quantitative estimate of drug-likeness (QED) is 0.347. The molecule has 0 aromatic heterocycles. The van der Waals surface area contributed by atoms with Gasteiger partial charge in [-0.25, -0.2) is 5.48 Å². The smallest absolute Gasteiger partial charge is 0.248 e. The van der Waals surface area contributed by atoms with E-state index in [9.17, 15) is 14.4 Å². The highest BCUT2D eigenvalue weighted by Crippen LogP contribution is 2.54. The Hall–Kier alpha value is -1.67. The first-order valence-electron chi connectivity index (χ1n) is 9.15. The number of rotatable bonds is 6. The maximum Gasteiger partial charge on any atom is 0.248 e. The highest BCUT2D eigenvalue weighted by atomic mass is 16.5. The normalized spacial score (nSPS) is 28.2. The molecule has 2 aliphatic heterocycles. The summed E-state index contributed by atoms with van der Waals surface area (Å²) >= 11 is 0. The molecule has 0 unspecified atom stereocenters. The summed E-state index contributed by atoms with van der Waals surface area (Å²) in [5.41, 5.74) is 1.86. The van der Waals surface area contributed by atoms with Crippen LogP contribution < -0.4 is 10.8 Å². The number of amides is 3. The Morgan fingerprint density at radius 3 is 2.68 bits per heavy atom. The first-order chi connectivity index (χ1) is 12.0. The second kappa shape index (κ2) is 7.29. The van der Waals surface area contributed by atoms with Crippen molar-refractivity contribution in [2.24, 2.45) is 11.3 Å². The molecule has 2 saturated heterocycles. The zero-order valence-electron chi connectivity index (χ0n) is 14.8. The van der Waals surface area contributed by atoms with Crippen LogP contribution in [0.3, 0.4) is 0 Å².